The minimum absolute atomic E-state index is 0.466. The van der Waals surface area contributed by atoms with E-state index < -0.39 is 0 Å². The largest absolute Gasteiger partial charge is 0.311 e. The lowest BCUT2D eigenvalue weighted by Crippen LogP contribution is -2.63. The molecule has 1 aliphatic carbocycles. The minimum atomic E-state index is 0.466. The van der Waals surface area contributed by atoms with Crippen LogP contribution in [0.25, 0.3) is 0 Å². The maximum Gasteiger partial charge on any atom is 0.0334 e. The van der Waals surface area contributed by atoms with Crippen LogP contribution >= 0.6 is 0 Å². The molecular formula is C15H30N2. The van der Waals surface area contributed by atoms with E-state index in [0.29, 0.717) is 17.0 Å². The van der Waals surface area contributed by atoms with Gasteiger partial charge in [0.15, 0.2) is 0 Å². The van der Waals surface area contributed by atoms with Crippen LogP contribution in [-0.2, 0) is 0 Å². The number of rotatable bonds is 2. The molecule has 1 heterocycles. The van der Waals surface area contributed by atoms with Gasteiger partial charge in [-0.2, -0.15) is 0 Å². The molecule has 0 radical (unpaired) electrons. The molecular weight excluding hydrogens is 208 g/mol. The van der Waals surface area contributed by atoms with Crippen LogP contribution in [0.2, 0.25) is 0 Å². The van der Waals surface area contributed by atoms with E-state index in [2.05, 4.69) is 37.9 Å². The zero-order valence-electron chi connectivity index (χ0n) is 12.2. The highest BCUT2D eigenvalue weighted by molar-refractivity contribution is 5.01. The SMILES string of the molecule is CC1CN(CCC(C)(C)C)C2(CCCC2)CN1. The first-order valence-corrected chi connectivity index (χ1v) is 7.40. The van der Waals surface area contributed by atoms with E-state index in [4.69, 9.17) is 0 Å². The quantitative estimate of drug-likeness (QED) is 0.795. The molecule has 2 rings (SSSR count). The second-order valence-corrected chi connectivity index (χ2v) is 7.47. The molecule has 1 unspecified atom stereocenters. The van der Waals surface area contributed by atoms with Crippen molar-refractivity contribution in [2.75, 3.05) is 19.6 Å². The lowest BCUT2D eigenvalue weighted by atomic mass is 9.87. The van der Waals surface area contributed by atoms with Gasteiger partial charge in [-0.1, -0.05) is 33.6 Å². The van der Waals surface area contributed by atoms with E-state index in [1.807, 2.05) is 0 Å². The van der Waals surface area contributed by atoms with Gasteiger partial charge in [0.2, 0.25) is 0 Å². The van der Waals surface area contributed by atoms with Crippen LogP contribution in [-0.4, -0.2) is 36.1 Å². The predicted octanol–water partition coefficient (Wildman–Crippen LogP) is 3.03. The van der Waals surface area contributed by atoms with Crippen molar-refractivity contribution in [3.05, 3.63) is 0 Å². The van der Waals surface area contributed by atoms with Crippen molar-refractivity contribution in [3.63, 3.8) is 0 Å². The van der Waals surface area contributed by atoms with Gasteiger partial charge in [0.25, 0.3) is 0 Å². The van der Waals surface area contributed by atoms with E-state index in [-0.39, 0.29) is 0 Å². The number of hydrogen-bond donors (Lipinski definition) is 1. The number of nitrogens with zero attached hydrogens (tertiary/aromatic N) is 1. The Bertz CT molecular complexity index is 248. The van der Waals surface area contributed by atoms with Crippen molar-refractivity contribution >= 4 is 0 Å². The van der Waals surface area contributed by atoms with Crippen LogP contribution in [0.5, 0.6) is 0 Å². The molecule has 2 nitrogen and oxygen atoms in total. The third-order valence-electron chi connectivity index (χ3n) is 4.61. The lowest BCUT2D eigenvalue weighted by Gasteiger charge is -2.48. The van der Waals surface area contributed by atoms with Crippen LogP contribution in [0.1, 0.15) is 59.8 Å². The van der Waals surface area contributed by atoms with Crippen molar-refractivity contribution in [2.24, 2.45) is 5.41 Å². The van der Waals surface area contributed by atoms with Crippen molar-refractivity contribution in [1.82, 2.24) is 10.2 Å². The van der Waals surface area contributed by atoms with Crippen LogP contribution in [0.15, 0.2) is 0 Å². The molecule has 0 bridgehead atoms. The van der Waals surface area contributed by atoms with Crippen LogP contribution < -0.4 is 5.32 Å². The van der Waals surface area contributed by atoms with Crippen LogP contribution in [0.4, 0.5) is 0 Å². The number of piperazine rings is 1. The average molecular weight is 238 g/mol. The fourth-order valence-corrected chi connectivity index (χ4v) is 3.39. The maximum absolute atomic E-state index is 3.70. The average Bonchev–Trinajstić information content (AvgIpc) is 2.68. The lowest BCUT2D eigenvalue weighted by molar-refractivity contribution is 0.0376. The summed E-state index contributed by atoms with van der Waals surface area (Å²) in [5.41, 5.74) is 0.978. The van der Waals surface area contributed by atoms with Crippen molar-refractivity contribution in [3.8, 4) is 0 Å². The summed E-state index contributed by atoms with van der Waals surface area (Å²) in [5, 5.41) is 3.70. The molecule has 2 heteroatoms. The molecule has 0 aromatic carbocycles. The monoisotopic (exact) mass is 238 g/mol. The Labute approximate surface area is 107 Å². The molecule has 1 aliphatic heterocycles. The highest BCUT2D eigenvalue weighted by atomic mass is 15.3. The summed E-state index contributed by atoms with van der Waals surface area (Å²) >= 11 is 0. The Kier molecular flexibility index (Phi) is 3.84. The first-order valence-electron chi connectivity index (χ1n) is 7.40. The van der Waals surface area contributed by atoms with Crippen LogP contribution in [0, 0.1) is 5.41 Å². The van der Waals surface area contributed by atoms with Crippen molar-refractivity contribution in [1.29, 1.82) is 0 Å². The van der Waals surface area contributed by atoms with Crippen molar-refractivity contribution in [2.45, 2.75) is 71.4 Å². The minimum Gasteiger partial charge on any atom is -0.311 e. The van der Waals surface area contributed by atoms with E-state index in [1.54, 1.807) is 0 Å². The Hall–Kier alpha value is -0.0800. The summed E-state index contributed by atoms with van der Waals surface area (Å²) in [7, 11) is 0. The molecule has 1 saturated carbocycles. The fraction of sp³-hybridized carbons (Fsp3) is 1.00. The van der Waals surface area contributed by atoms with E-state index in [9.17, 15) is 0 Å². The van der Waals surface area contributed by atoms with E-state index in [1.165, 1.54) is 51.7 Å². The second kappa shape index (κ2) is 4.89. The smallest absolute Gasteiger partial charge is 0.0334 e. The zero-order chi connectivity index (χ0) is 12.5. The van der Waals surface area contributed by atoms with Gasteiger partial charge in [0.1, 0.15) is 0 Å². The standard InChI is InChI=1S/C15H30N2/c1-13-11-17(10-9-14(2,3)4)15(12-16-13)7-5-6-8-15/h13,16H,5-12H2,1-4H3. The summed E-state index contributed by atoms with van der Waals surface area (Å²) in [6.45, 7) is 13.2. The second-order valence-electron chi connectivity index (χ2n) is 7.47. The van der Waals surface area contributed by atoms with Gasteiger partial charge >= 0.3 is 0 Å². The maximum atomic E-state index is 3.70. The Morgan fingerprint density at radius 2 is 1.88 bits per heavy atom. The number of hydrogen-bond acceptors (Lipinski definition) is 2. The summed E-state index contributed by atoms with van der Waals surface area (Å²) in [4.78, 5) is 2.81. The first kappa shape index (κ1) is 13.4. The van der Waals surface area contributed by atoms with Crippen LogP contribution in [0.3, 0.4) is 0 Å². The van der Waals surface area contributed by atoms with Gasteiger partial charge in [-0.3, -0.25) is 4.90 Å². The molecule has 0 aromatic rings. The summed E-state index contributed by atoms with van der Waals surface area (Å²) in [6, 6.07) is 0.668. The molecule has 1 atom stereocenters. The molecule has 17 heavy (non-hydrogen) atoms. The third-order valence-corrected chi connectivity index (χ3v) is 4.61. The normalized spacial score (nSPS) is 30.0. The molecule has 2 aliphatic rings. The molecule has 100 valence electrons. The zero-order valence-corrected chi connectivity index (χ0v) is 12.2. The summed E-state index contributed by atoms with van der Waals surface area (Å²) < 4.78 is 0. The summed E-state index contributed by atoms with van der Waals surface area (Å²) in [5.74, 6) is 0. The Balaban J connectivity index is 1.99. The first-order chi connectivity index (χ1) is 7.91. The fourth-order valence-electron chi connectivity index (χ4n) is 3.39. The molecule has 2 fully saturated rings. The molecule has 0 amide bonds. The number of nitrogens with one attached hydrogen (secondary N) is 1. The molecule has 1 saturated heterocycles. The topological polar surface area (TPSA) is 15.3 Å². The van der Waals surface area contributed by atoms with Gasteiger partial charge < -0.3 is 5.32 Å². The summed E-state index contributed by atoms with van der Waals surface area (Å²) in [6.07, 6.45) is 7.01. The Morgan fingerprint density at radius 1 is 1.24 bits per heavy atom. The molecule has 0 aromatic heterocycles. The Morgan fingerprint density at radius 3 is 2.47 bits per heavy atom. The van der Waals surface area contributed by atoms with Gasteiger partial charge in [-0.15, -0.1) is 0 Å². The van der Waals surface area contributed by atoms with E-state index >= 15 is 0 Å². The van der Waals surface area contributed by atoms with Gasteiger partial charge in [0, 0.05) is 24.7 Å². The highest BCUT2D eigenvalue weighted by Crippen LogP contribution is 2.37. The highest BCUT2D eigenvalue weighted by Gasteiger charge is 2.42. The molecule has 1 N–H and O–H groups in total. The third kappa shape index (κ3) is 3.23. The van der Waals surface area contributed by atoms with Gasteiger partial charge in [0.05, 0.1) is 0 Å². The molecule has 1 spiro atoms. The van der Waals surface area contributed by atoms with Crippen molar-refractivity contribution < 1.29 is 0 Å². The predicted molar refractivity (Wildman–Crippen MR) is 74.3 cm³/mol. The van der Waals surface area contributed by atoms with Gasteiger partial charge in [-0.25, -0.2) is 0 Å². The van der Waals surface area contributed by atoms with Gasteiger partial charge in [-0.05, 0) is 38.1 Å². The van der Waals surface area contributed by atoms with E-state index in [0.717, 1.165) is 0 Å².